The fourth-order valence-corrected chi connectivity index (χ4v) is 5.54. The summed E-state index contributed by atoms with van der Waals surface area (Å²) in [5.74, 6) is 0.0423. The number of aliphatic hydroxyl groups is 1. The number of ketones is 1. The zero-order valence-electron chi connectivity index (χ0n) is 21.6. The number of ether oxygens (including phenoxy) is 2. The first-order valence-corrected chi connectivity index (χ1v) is 12.7. The van der Waals surface area contributed by atoms with Crippen LogP contribution in [0, 0.1) is 11.8 Å². The van der Waals surface area contributed by atoms with Crippen molar-refractivity contribution in [1.82, 2.24) is 4.57 Å². The van der Waals surface area contributed by atoms with E-state index in [2.05, 4.69) is 24.3 Å². The van der Waals surface area contributed by atoms with Crippen LogP contribution in [0.1, 0.15) is 58.5 Å². The van der Waals surface area contributed by atoms with E-state index in [1.54, 1.807) is 12.1 Å². The highest BCUT2D eigenvalue weighted by molar-refractivity contribution is 5.99. The lowest BCUT2D eigenvalue weighted by Gasteiger charge is -2.27. The molecule has 2 atom stereocenters. The van der Waals surface area contributed by atoms with Gasteiger partial charge in [-0.2, -0.15) is 0 Å². The van der Waals surface area contributed by atoms with Crippen LogP contribution in [-0.4, -0.2) is 40.8 Å². The minimum Gasteiger partial charge on any atom is -0.496 e. The van der Waals surface area contributed by atoms with E-state index < -0.39 is 12.1 Å². The summed E-state index contributed by atoms with van der Waals surface area (Å²) < 4.78 is 13.0. The van der Waals surface area contributed by atoms with E-state index in [1.807, 2.05) is 23.0 Å². The Labute approximate surface area is 217 Å². The molecule has 1 aliphatic rings. The molecule has 0 saturated carbocycles. The van der Waals surface area contributed by atoms with Gasteiger partial charge >= 0.3 is 5.97 Å². The molecule has 0 aliphatic heterocycles. The number of hydrogen-bond acceptors (Lipinski definition) is 5. The number of hydrogen-bond donors (Lipinski definition) is 2. The number of nitrogens with zero attached hydrogens (tertiary/aromatic N) is 1. The number of carbonyl (C=O) groups is 2. The fraction of sp³-hybridized carbons (Fsp3) is 0.400. The second kappa shape index (κ2) is 11.6. The first-order valence-electron chi connectivity index (χ1n) is 12.7. The Hall–Kier alpha value is -3.58. The molecule has 0 bridgehead atoms. The fourth-order valence-electron chi connectivity index (χ4n) is 5.54. The van der Waals surface area contributed by atoms with E-state index in [0.717, 1.165) is 24.8 Å². The number of aliphatic carboxylic acids is 1. The molecular weight excluding hydrogens is 470 g/mol. The predicted octanol–water partition coefficient (Wildman–Crippen LogP) is 4.88. The third-order valence-electron chi connectivity index (χ3n) is 7.32. The molecule has 3 aromatic rings. The van der Waals surface area contributed by atoms with Gasteiger partial charge in [-0.15, -0.1) is 0 Å². The van der Waals surface area contributed by atoms with Gasteiger partial charge in [-0.1, -0.05) is 24.3 Å². The summed E-state index contributed by atoms with van der Waals surface area (Å²) in [6.45, 7) is 2.03. The Kier molecular flexibility index (Phi) is 8.34. The van der Waals surface area contributed by atoms with Crippen molar-refractivity contribution < 1.29 is 29.3 Å². The number of carboxylic acids is 1. The van der Waals surface area contributed by atoms with E-state index in [-0.39, 0.29) is 18.1 Å². The molecule has 7 nitrogen and oxygen atoms in total. The monoisotopic (exact) mass is 505 g/mol. The van der Waals surface area contributed by atoms with Gasteiger partial charge in [0, 0.05) is 31.3 Å². The van der Waals surface area contributed by atoms with Gasteiger partial charge in [0.2, 0.25) is 0 Å². The summed E-state index contributed by atoms with van der Waals surface area (Å²) in [5, 5.41) is 20.7. The average Bonchev–Trinajstić information content (AvgIpc) is 3.51. The van der Waals surface area contributed by atoms with Crippen LogP contribution >= 0.6 is 0 Å². The van der Waals surface area contributed by atoms with E-state index >= 15 is 0 Å². The van der Waals surface area contributed by atoms with E-state index in [9.17, 15) is 14.7 Å². The summed E-state index contributed by atoms with van der Waals surface area (Å²) in [6, 6.07) is 13.9. The van der Waals surface area contributed by atoms with Gasteiger partial charge in [0.05, 0.1) is 20.3 Å². The summed E-state index contributed by atoms with van der Waals surface area (Å²) in [6.07, 6.45) is 6.39. The average molecular weight is 506 g/mol. The topological polar surface area (TPSA) is 98.0 Å². The number of carbonyl (C=O) groups excluding carboxylic acids is 1. The number of aryl methyl sites for hydroxylation is 1. The molecule has 0 fully saturated rings. The van der Waals surface area contributed by atoms with Gasteiger partial charge in [0.1, 0.15) is 17.1 Å². The Morgan fingerprint density at radius 1 is 1.05 bits per heavy atom. The van der Waals surface area contributed by atoms with Crippen LogP contribution in [0.5, 0.6) is 11.5 Å². The van der Waals surface area contributed by atoms with Crippen molar-refractivity contribution in [3.63, 3.8) is 0 Å². The van der Waals surface area contributed by atoms with Crippen LogP contribution in [0.2, 0.25) is 0 Å². The van der Waals surface area contributed by atoms with Crippen molar-refractivity contribution in [2.24, 2.45) is 11.8 Å². The van der Waals surface area contributed by atoms with Gasteiger partial charge in [-0.05, 0) is 79.0 Å². The Morgan fingerprint density at radius 2 is 1.68 bits per heavy atom. The minimum absolute atomic E-state index is 0.0818. The summed E-state index contributed by atoms with van der Waals surface area (Å²) in [4.78, 5) is 23.2. The molecule has 0 radical (unpaired) electrons. The lowest BCUT2D eigenvalue weighted by Crippen LogP contribution is -2.22. The SMILES string of the molecule is COc1cc([C@@H](O)[C@@H](CC2Cc3ccccc3C2)Cn2ccc(CCC(=O)O)c2)cc(OC)c1C(C)=O. The highest BCUT2D eigenvalue weighted by Crippen LogP contribution is 2.39. The third kappa shape index (κ3) is 6.23. The van der Waals surface area contributed by atoms with Gasteiger partial charge in [-0.25, -0.2) is 0 Å². The number of methoxy groups -OCH3 is 2. The molecule has 196 valence electrons. The second-order valence-corrected chi connectivity index (χ2v) is 9.95. The first-order chi connectivity index (χ1) is 17.8. The molecule has 0 saturated heterocycles. The number of aliphatic hydroxyl groups excluding tert-OH is 1. The molecular formula is C30H35NO6. The molecule has 0 unspecified atom stereocenters. The standard InChI is InChI=1S/C30H35NO6/c1-19(32)29-26(36-2)15-24(16-27(29)37-3)30(35)25(14-21-12-22-6-4-5-7-23(22)13-21)18-31-11-10-20(17-31)8-9-28(33)34/h4-7,10-11,15-17,21,25,30,35H,8-9,12-14,18H2,1-3H3,(H,33,34)/t25-,30+/m0/s1. The molecule has 2 N–H and O–H groups in total. The van der Waals surface area contributed by atoms with Gasteiger partial charge < -0.3 is 24.3 Å². The number of carboxylic acid groups (broad SMARTS) is 1. The highest BCUT2D eigenvalue weighted by atomic mass is 16.5. The Morgan fingerprint density at radius 3 is 2.22 bits per heavy atom. The van der Waals surface area contributed by atoms with Gasteiger partial charge in [-0.3, -0.25) is 9.59 Å². The van der Waals surface area contributed by atoms with Crippen molar-refractivity contribution in [2.45, 2.75) is 51.7 Å². The van der Waals surface area contributed by atoms with Crippen molar-refractivity contribution in [3.8, 4) is 11.5 Å². The smallest absolute Gasteiger partial charge is 0.303 e. The van der Waals surface area contributed by atoms with Gasteiger partial charge in [0.25, 0.3) is 0 Å². The lowest BCUT2D eigenvalue weighted by atomic mass is 9.85. The van der Waals surface area contributed by atoms with Crippen LogP contribution in [0.4, 0.5) is 0 Å². The van der Waals surface area contributed by atoms with Gasteiger partial charge in [0.15, 0.2) is 5.78 Å². The van der Waals surface area contributed by atoms with Crippen molar-refractivity contribution in [3.05, 3.63) is 82.7 Å². The predicted molar refractivity (Wildman–Crippen MR) is 140 cm³/mol. The molecule has 0 spiro atoms. The lowest BCUT2D eigenvalue weighted by molar-refractivity contribution is -0.136. The van der Waals surface area contributed by atoms with Crippen LogP contribution in [0.15, 0.2) is 54.9 Å². The summed E-state index contributed by atoms with van der Waals surface area (Å²) in [5.41, 5.74) is 4.69. The quantitative estimate of drug-likeness (QED) is 0.341. The number of Topliss-reactive ketones (excluding diaryl/α,β-unsaturated/α-hetero) is 1. The molecule has 1 heterocycles. The largest absolute Gasteiger partial charge is 0.496 e. The summed E-state index contributed by atoms with van der Waals surface area (Å²) >= 11 is 0. The zero-order chi connectivity index (χ0) is 26.5. The molecule has 7 heteroatoms. The van der Waals surface area contributed by atoms with Crippen LogP contribution < -0.4 is 9.47 Å². The van der Waals surface area contributed by atoms with Crippen LogP contribution in [-0.2, 0) is 30.6 Å². The first kappa shape index (κ1) is 26.5. The Bertz CT molecular complexity index is 1210. The molecule has 1 aliphatic carbocycles. The third-order valence-corrected chi connectivity index (χ3v) is 7.32. The maximum Gasteiger partial charge on any atom is 0.303 e. The molecule has 37 heavy (non-hydrogen) atoms. The van der Waals surface area contributed by atoms with Crippen molar-refractivity contribution in [1.29, 1.82) is 0 Å². The van der Waals surface area contributed by atoms with Crippen LogP contribution in [0.25, 0.3) is 0 Å². The minimum atomic E-state index is -0.822. The molecule has 1 aromatic heterocycles. The molecule has 4 rings (SSSR count). The molecule has 2 aromatic carbocycles. The maximum atomic E-state index is 12.2. The summed E-state index contributed by atoms with van der Waals surface area (Å²) in [7, 11) is 3.01. The van der Waals surface area contributed by atoms with Crippen molar-refractivity contribution in [2.75, 3.05) is 14.2 Å². The highest BCUT2D eigenvalue weighted by Gasteiger charge is 2.30. The van der Waals surface area contributed by atoms with E-state index in [0.29, 0.717) is 41.5 Å². The second-order valence-electron chi connectivity index (χ2n) is 9.95. The number of fused-ring (bicyclic) bond motifs is 1. The van der Waals surface area contributed by atoms with E-state index in [4.69, 9.17) is 14.6 Å². The Balaban J connectivity index is 1.62. The maximum absolute atomic E-state index is 12.2. The molecule has 0 amide bonds. The van der Waals surface area contributed by atoms with Crippen molar-refractivity contribution >= 4 is 11.8 Å². The number of aromatic nitrogens is 1. The van der Waals surface area contributed by atoms with E-state index in [1.165, 1.54) is 32.3 Å². The zero-order valence-corrected chi connectivity index (χ0v) is 21.6. The normalized spacial score (nSPS) is 14.7. The van der Waals surface area contributed by atoms with Crippen LogP contribution in [0.3, 0.4) is 0 Å². The number of rotatable bonds is 12. The number of benzene rings is 2.